The number of carbonyl (C=O) groups is 2. The number of esters is 1. The first-order valence-corrected chi connectivity index (χ1v) is 5.68. The monoisotopic (exact) mass is 245 g/mol. The largest absolute Gasteiger partial charge is 0.460 e. The van der Waals surface area contributed by atoms with Gasteiger partial charge in [0.25, 0.3) is 0 Å². The third kappa shape index (κ3) is 11.0. The van der Waals surface area contributed by atoms with Gasteiger partial charge in [-0.3, -0.25) is 4.79 Å². The molecule has 5 nitrogen and oxygen atoms in total. The van der Waals surface area contributed by atoms with Crippen molar-refractivity contribution in [1.29, 1.82) is 0 Å². The van der Waals surface area contributed by atoms with Gasteiger partial charge in [-0.25, -0.2) is 4.79 Å². The average molecular weight is 245 g/mol. The fourth-order valence-electron chi connectivity index (χ4n) is 0.973. The van der Waals surface area contributed by atoms with Crippen molar-refractivity contribution in [3.8, 4) is 0 Å². The lowest BCUT2D eigenvalue weighted by Crippen LogP contribution is -2.34. The third-order valence-electron chi connectivity index (χ3n) is 1.42. The van der Waals surface area contributed by atoms with Crippen molar-refractivity contribution < 1.29 is 19.1 Å². The molecule has 5 heteroatoms. The van der Waals surface area contributed by atoms with Gasteiger partial charge in [-0.15, -0.1) is 0 Å². The van der Waals surface area contributed by atoms with Gasteiger partial charge in [0.15, 0.2) is 0 Å². The van der Waals surface area contributed by atoms with Gasteiger partial charge in [0, 0.05) is 6.54 Å². The minimum Gasteiger partial charge on any atom is -0.460 e. The first-order chi connectivity index (χ1) is 7.49. The van der Waals surface area contributed by atoms with Gasteiger partial charge in [-0.05, 0) is 41.5 Å². The molecule has 0 aliphatic rings. The van der Waals surface area contributed by atoms with Gasteiger partial charge in [0.05, 0.1) is 6.42 Å². The molecule has 0 spiro atoms. The second-order valence-electron chi connectivity index (χ2n) is 5.77. The maximum absolute atomic E-state index is 11.3. The number of rotatable bonds is 3. The SMILES string of the molecule is CC(C)(C)OC(=O)CCNC(=O)OC(C)(C)C. The van der Waals surface area contributed by atoms with E-state index in [4.69, 9.17) is 9.47 Å². The van der Waals surface area contributed by atoms with Gasteiger partial charge < -0.3 is 14.8 Å². The van der Waals surface area contributed by atoms with E-state index in [2.05, 4.69) is 5.32 Å². The number of alkyl carbamates (subject to hydrolysis) is 1. The third-order valence-corrected chi connectivity index (χ3v) is 1.42. The van der Waals surface area contributed by atoms with Crippen LogP contribution in [0.5, 0.6) is 0 Å². The Balaban J connectivity index is 3.78. The minimum atomic E-state index is -0.532. The van der Waals surface area contributed by atoms with Crippen molar-refractivity contribution in [2.75, 3.05) is 6.54 Å². The molecule has 1 amide bonds. The van der Waals surface area contributed by atoms with E-state index in [1.165, 1.54) is 0 Å². The Hall–Kier alpha value is -1.26. The van der Waals surface area contributed by atoms with E-state index in [9.17, 15) is 9.59 Å². The summed E-state index contributed by atoms with van der Waals surface area (Å²) >= 11 is 0. The van der Waals surface area contributed by atoms with Gasteiger partial charge in [-0.1, -0.05) is 0 Å². The molecule has 0 aromatic heterocycles. The zero-order valence-electron chi connectivity index (χ0n) is 11.5. The molecule has 17 heavy (non-hydrogen) atoms. The molecule has 0 saturated heterocycles. The Labute approximate surface area is 103 Å². The van der Waals surface area contributed by atoms with E-state index >= 15 is 0 Å². The van der Waals surface area contributed by atoms with Crippen LogP contribution in [0, 0.1) is 0 Å². The predicted molar refractivity (Wildman–Crippen MR) is 64.7 cm³/mol. The number of nitrogens with one attached hydrogen (secondary N) is 1. The van der Waals surface area contributed by atoms with Gasteiger partial charge >= 0.3 is 12.1 Å². The molecule has 0 aromatic carbocycles. The summed E-state index contributed by atoms with van der Waals surface area (Å²) in [6.07, 6.45) is -0.391. The topological polar surface area (TPSA) is 64.6 Å². The van der Waals surface area contributed by atoms with Crippen molar-refractivity contribution in [3.05, 3.63) is 0 Å². The van der Waals surface area contributed by atoms with Crippen molar-refractivity contribution in [3.63, 3.8) is 0 Å². The molecule has 0 rings (SSSR count). The number of ether oxygens (including phenoxy) is 2. The lowest BCUT2D eigenvalue weighted by molar-refractivity contribution is -0.154. The Kier molecular flexibility index (Phi) is 5.45. The summed E-state index contributed by atoms with van der Waals surface area (Å²) in [7, 11) is 0. The predicted octanol–water partition coefficient (Wildman–Crippen LogP) is 2.24. The van der Waals surface area contributed by atoms with Gasteiger partial charge in [0.2, 0.25) is 0 Å². The van der Waals surface area contributed by atoms with Gasteiger partial charge in [0.1, 0.15) is 11.2 Å². The van der Waals surface area contributed by atoms with Crippen molar-refractivity contribution >= 4 is 12.1 Å². The van der Waals surface area contributed by atoms with E-state index in [0.29, 0.717) is 0 Å². The lowest BCUT2D eigenvalue weighted by Gasteiger charge is -2.21. The molecule has 0 aromatic rings. The van der Waals surface area contributed by atoms with Crippen LogP contribution < -0.4 is 5.32 Å². The summed E-state index contributed by atoms with van der Waals surface area (Å²) in [4.78, 5) is 22.6. The van der Waals surface area contributed by atoms with Crippen LogP contribution in [-0.4, -0.2) is 29.8 Å². The van der Waals surface area contributed by atoms with Crippen molar-refractivity contribution in [2.45, 2.75) is 59.2 Å². The van der Waals surface area contributed by atoms with Crippen LogP contribution in [0.4, 0.5) is 4.79 Å². The van der Waals surface area contributed by atoms with Crippen LogP contribution in [0.3, 0.4) is 0 Å². The number of hydrogen-bond donors (Lipinski definition) is 1. The standard InChI is InChI=1S/C12H23NO4/c1-11(2,3)16-9(14)7-8-13-10(15)17-12(4,5)6/h7-8H2,1-6H3,(H,13,15). The smallest absolute Gasteiger partial charge is 0.407 e. The molecule has 0 heterocycles. The van der Waals surface area contributed by atoms with E-state index in [-0.39, 0.29) is 18.9 Å². The molecule has 0 aliphatic heterocycles. The zero-order valence-corrected chi connectivity index (χ0v) is 11.5. The minimum absolute atomic E-state index is 0.135. The molecule has 0 saturated carbocycles. The maximum atomic E-state index is 11.3. The van der Waals surface area contributed by atoms with Gasteiger partial charge in [-0.2, -0.15) is 0 Å². The highest BCUT2D eigenvalue weighted by atomic mass is 16.6. The molecule has 100 valence electrons. The van der Waals surface area contributed by atoms with Crippen LogP contribution in [0.2, 0.25) is 0 Å². The Morgan fingerprint density at radius 3 is 1.82 bits per heavy atom. The van der Waals surface area contributed by atoms with Crippen molar-refractivity contribution in [1.82, 2.24) is 5.32 Å². The molecule has 0 fully saturated rings. The summed E-state index contributed by atoms with van der Waals surface area (Å²) in [5, 5.41) is 2.49. The van der Waals surface area contributed by atoms with E-state index in [1.807, 2.05) is 0 Å². The second kappa shape index (κ2) is 5.89. The summed E-state index contributed by atoms with van der Waals surface area (Å²) < 4.78 is 10.1. The van der Waals surface area contributed by atoms with Crippen LogP contribution in [-0.2, 0) is 14.3 Å². The Bertz CT molecular complexity index is 245. The highest BCUT2D eigenvalue weighted by Gasteiger charge is 2.18. The highest BCUT2D eigenvalue weighted by molar-refractivity contribution is 5.72. The van der Waals surface area contributed by atoms with Crippen LogP contribution >= 0.6 is 0 Å². The second-order valence-corrected chi connectivity index (χ2v) is 5.77. The Morgan fingerprint density at radius 1 is 0.941 bits per heavy atom. The first-order valence-electron chi connectivity index (χ1n) is 5.68. The molecule has 0 radical (unpaired) electrons. The summed E-state index contributed by atoms with van der Waals surface area (Å²) in [5.41, 5.74) is -1.03. The molecular formula is C12H23NO4. The normalized spacial score (nSPS) is 11.9. The summed E-state index contributed by atoms with van der Waals surface area (Å²) in [5.74, 6) is -0.339. The molecule has 0 aliphatic carbocycles. The fraction of sp³-hybridized carbons (Fsp3) is 0.833. The zero-order chi connectivity index (χ0) is 13.7. The summed E-state index contributed by atoms with van der Waals surface area (Å²) in [6, 6.07) is 0. The van der Waals surface area contributed by atoms with E-state index < -0.39 is 17.3 Å². The highest BCUT2D eigenvalue weighted by Crippen LogP contribution is 2.08. The molecular weight excluding hydrogens is 222 g/mol. The first kappa shape index (κ1) is 15.7. The summed E-state index contributed by atoms with van der Waals surface area (Å²) in [6.45, 7) is 10.9. The lowest BCUT2D eigenvalue weighted by atomic mass is 10.2. The van der Waals surface area contributed by atoms with Crippen molar-refractivity contribution in [2.24, 2.45) is 0 Å². The average Bonchev–Trinajstić information content (AvgIpc) is 1.95. The molecule has 0 bridgehead atoms. The maximum Gasteiger partial charge on any atom is 0.407 e. The fourth-order valence-corrected chi connectivity index (χ4v) is 0.973. The Morgan fingerprint density at radius 2 is 1.41 bits per heavy atom. The van der Waals surface area contributed by atoms with E-state index in [1.54, 1.807) is 41.5 Å². The molecule has 0 unspecified atom stereocenters. The number of hydrogen-bond acceptors (Lipinski definition) is 4. The molecule has 0 atom stereocenters. The van der Waals surface area contributed by atoms with Crippen LogP contribution in [0.15, 0.2) is 0 Å². The van der Waals surface area contributed by atoms with Crippen LogP contribution in [0.1, 0.15) is 48.0 Å². The number of carbonyl (C=O) groups excluding carboxylic acids is 2. The molecule has 1 N–H and O–H groups in total. The quantitative estimate of drug-likeness (QED) is 0.774. The van der Waals surface area contributed by atoms with Crippen LogP contribution in [0.25, 0.3) is 0 Å². The number of amides is 1. The van der Waals surface area contributed by atoms with E-state index in [0.717, 1.165) is 0 Å².